The van der Waals surface area contributed by atoms with Gasteiger partial charge < -0.3 is 0 Å². The summed E-state index contributed by atoms with van der Waals surface area (Å²) in [7, 11) is 3.35. The van der Waals surface area contributed by atoms with Crippen molar-refractivity contribution in [3.63, 3.8) is 0 Å². The van der Waals surface area contributed by atoms with E-state index in [0.29, 0.717) is 10.4 Å². The Labute approximate surface area is 114 Å². The zero-order chi connectivity index (χ0) is 13.8. The summed E-state index contributed by atoms with van der Waals surface area (Å²) in [5.74, 6) is -0.296. The third-order valence-electron chi connectivity index (χ3n) is 3.73. The fourth-order valence-corrected chi connectivity index (χ4v) is 2.93. The summed E-state index contributed by atoms with van der Waals surface area (Å²) < 4.78 is 20.3. The molecule has 0 spiro atoms. The number of hydrogen-bond donors (Lipinski definition) is 1. The van der Waals surface area contributed by atoms with E-state index in [1.54, 1.807) is 20.2 Å². The fraction of sp³-hybridized carbons (Fsp3) is 0.462. The summed E-state index contributed by atoms with van der Waals surface area (Å²) in [5.41, 5.74) is 1.36. The zero-order valence-electron chi connectivity index (χ0n) is 11.2. The van der Waals surface area contributed by atoms with Crippen LogP contribution in [0.25, 0.3) is 11.0 Å². The molecule has 0 unspecified atom stereocenters. The molecular formula is C13H16FN3OS. The number of benzene rings is 1. The third kappa shape index (κ3) is 2.08. The van der Waals surface area contributed by atoms with Gasteiger partial charge in [0.1, 0.15) is 5.82 Å². The van der Waals surface area contributed by atoms with Crippen LogP contribution in [0.15, 0.2) is 21.8 Å². The van der Waals surface area contributed by atoms with Crippen LogP contribution >= 0.6 is 11.9 Å². The van der Waals surface area contributed by atoms with E-state index in [1.165, 1.54) is 27.1 Å². The zero-order valence-corrected chi connectivity index (χ0v) is 12.0. The molecule has 6 heteroatoms. The van der Waals surface area contributed by atoms with Crippen LogP contribution < -0.4 is 10.4 Å². The molecule has 1 aromatic heterocycles. The molecule has 102 valence electrons. The van der Waals surface area contributed by atoms with Gasteiger partial charge in [0.05, 0.1) is 15.9 Å². The Kier molecular flexibility index (Phi) is 2.76. The van der Waals surface area contributed by atoms with E-state index in [0.717, 1.165) is 18.4 Å². The molecule has 0 bridgehead atoms. The number of aromatic nitrogens is 2. The molecule has 3 rings (SSSR count). The van der Waals surface area contributed by atoms with Gasteiger partial charge in [0.2, 0.25) is 0 Å². The van der Waals surface area contributed by atoms with Gasteiger partial charge in [-0.3, -0.25) is 13.9 Å². The minimum Gasteiger partial charge on any atom is -0.295 e. The predicted octanol–water partition coefficient (Wildman–Crippen LogP) is 2.17. The number of nitrogens with one attached hydrogen (secondary N) is 1. The minimum atomic E-state index is -0.296. The summed E-state index contributed by atoms with van der Waals surface area (Å²) in [6.45, 7) is 2.12. The highest BCUT2D eigenvalue weighted by Crippen LogP contribution is 2.38. The van der Waals surface area contributed by atoms with Crippen LogP contribution in [0.3, 0.4) is 0 Å². The lowest BCUT2D eigenvalue weighted by molar-refractivity contribution is 0.601. The van der Waals surface area contributed by atoms with Crippen molar-refractivity contribution in [3.05, 3.63) is 28.4 Å². The highest BCUT2D eigenvalue weighted by molar-refractivity contribution is 7.97. The first-order valence-electron chi connectivity index (χ1n) is 6.20. The van der Waals surface area contributed by atoms with Gasteiger partial charge in [0.25, 0.3) is 0 Å². The van der Waals surface area contributed by atoms with Gasteiger partial charge in [-0.2, -0.15) is 0 Å². The van der Waals surface area contributed by atoms with E-state index in [9.17, 15) is 9.18 Å². The third-order valence-corrected chi connectivity index (χ3v) is 4.86. The number of fused-ring (bicyclic) bond motifs is 1. The second kappa shape index (κ2) is 4.11. The number of nitrogens with zero attached hydrogens (tertiary/aromatic N) is 2. The van der Waals surface area contributed by atoms with E-state index in [2.05, 4.69) is 11.6 Å². The highest BCUT2D eigenvalue weighted by Gasteiger charge is 2.37. The molecule has 0 atom stereocenters. The van der Waals surface area contributed by atoms with E-state index in [1.807, 2.05) is 0 Å². The average Bonchev–Trinajstić information content (AvgIpc) is 3.08. The maximum absolute atomic E-state index is 14.1. The van der Waals surface area contributed by atoms with Crippen LogP contribution in [0.4, 0.5) is 4.39 Å². The summed E-state index contributed by atoms with van der Waals surface area (Å²) >= 11 is 1.31. The van der Waals surface area contributed by atoms with Crippen LogP contribution in [-0.4, -0.2) is 14.7 Å². The lowest BCUT2D eigenvalue weighted by Crippen LogP contribution is -2.20. The first kappa shape index (κ1) is 12.7. The first-order valence-corrected chi connectivity index (χ1v) is 7.02. The van der Waals surface area contributed by atoms with Crippen molar-refractivity contribution in [2.75, 3.05) is 0 Å². The molecule has 1 saturated carbocycles. The van der Waals surface area contributed by atoms with Crippen molar-refractivity contribution in [1.82, 2.24) is 13.9 Å². The first-order chi connectivity index (χ1) is 8.91. The minimum absolute atomic E-state index is 0.134. The van der Waals surface area contributed by atoms with Gasteiger partial charge in [-0.05, 0) is 37.8 Å². The monoisotopic (exact) mass is 281 g/mol. The normalized spacial score (nSPS) is 17.1. The largest absolute Gasteiger partial charge is 0.328 e. The average molecular weight is 281 g/mol. The smallest absolute Gasteiger partial charge is 0.295 e. The molecule has 1 aliphatic carbocycles. The number of aryl methyl sites for hydroxylation is 2. The molecular weight excluding hydrogens is 265 g/mol. The predicted molar refractivity (Wildman–Crippen MR) is 74.7 cm³/mol. The lowest BCUT2D eigenvalue weighted by Gasteiger charge is -2.11. The maximum Gasteiger partial charge on any atom is 0.328 e. The molecule has 1 heterocycles. The molecule has 19 heavy (non-hydrogen) atoms. The molecule has 1 aliphatic rings. The van der Waals surface area contributed by atoms with Gasteiger partial charge in [-0.1, -0.05) is 0 Å². The number of halogens is 1. The van der Waals surface area contributed by atoms with E-state index < -0.39 is 0 Å². The summed E-state index contributed by atoms with van der Waals surface area (Å²) in [6.07, 6.45) is 2.24. The van der Waals surface area contributed by atoms with E-state index >= 15 is 0 Å². The molecule has 0 amide bonds. The molecule has 2 aromatic rings. The van der Waals surface area contributed by atoms with Crippen molar-refractivity contribution in [2.45, 2.75) is 30.2 Å². The van der Waals surface area contributed by atoms with Crippen LogP contribution in [-0.2, 0) is 14.1 Å². The molecule has 1 aromatic carbocycles. The van der Waals surface area contributed by atoms with Gasteiger partial charge in [-0.25, -0.2) is 9.18 Å². The number of hydrogen-bond acceptors (Lipinski definition) is 3. The Bertz CT molecular complexity index is 715. The molecule has 1 fully saturated rings. The quantitative estimate of drug-likeness (QED) is 0.876. The summed E-state index contributed by atoms with van der Waals surface area (Å²) in [5, 5.41) is 0. The molecule has 0 radical (unpaired) electrons. The van der Waals surface area contributed by atoms with Crippen molar-refractivity contribution in [2.24, 2.45) is 14.1 Å². The Morgan fingerprint density at radius 1 is 1.26 bits per heavy atom. The second-order valence-electron chi connectivity index (χ2n) is 5.44. The molecule has 0 aliphatic heterocycles. The van der Waals surface area contributed by atoms with Crippen LogP contribution in [0.2, 0.25) is 0 Å². The SMILES string of the molecule is Cn1c(=O)n(C)c2cc(SNC3(C)CC3)c(F)cc21. The van der Waals surface area contributed by atoms with Gasteiger partial charge >= 0.3 is 5.69 Å². The molecule has 0 saturated heterocycles. The van der Waals surface area contributed by atoms with Crippen molar-refractivity contribution in [1.29, 1.82) is 0 Å². The summed E-state index contributed by atoms with van der Waals surface area (Å²) in [6, 6.07) is 3.16. The van der Waals surface area contributed by atoms with Crippen LogP contribution in [0, 0.1) is 5.82 Å². The Hall–Kier alpha value is -1.27. The molecule has 4 nitrogen and oxygen atoms in total. The lowest BCUT2D eigenvalue weighted by atomic mass is 10.3. The van der Waals surface area contributed by atoms with E-state index in [4.69, 9.17) is 0 Å². The fourth-order valence-electron chi connectivity index (χ4n) is 2.05. The van der Waals surface area contributed by atoms with Crippen molar-refractivity contribution >= 4 is 23.0 Å². The van der Waals surface area contributed by atoms with Gasteiger partial charge in [-0.15, -0.1) is 0 Å². The van der Waals surface area contributed by atoms with Crippen LogP contribution in [0.1, 0.15) is 19.8 Å². The van der Waals surface area contributed by atoms with E-state index in [-0.39, 0.29) is 17.0 Å². The van der Waals surface area contributed by atoms with Gasteiger partial charge in [0, 0.05) is 25.7 Å². The maximum atomic E-state index is 14.1. The Morgan fingerprint density at radius 2 is 1.84 bits per heavy atom. The number of rotatable bonds is 3. The topological polar surface area (TPSA) is 39.0 Å². The van der Waals surface area contributed by atoms with Crippen LogP contribution in [0.5, 0.6) is 0 Å². The van der Waals surface area contributed by atoms with Crippen molar-refractivity contribution < 1.29 is 4.39 Å². The Morgan fingerprint density at radius 3 is 2.42 bits per heavy atom. The Balaban J connectivity index is 2.03. The standard InChI is InChI=1S/C13H16FN3OS/c1-13(4-5-13)15-19-11-7-10-9(6-8(11)14)16(2)12(18)17(10)3/h6-7,15H,4-5H2,1-3H3. The molecule has 1 N–H and O–H groups in total. The number of imidazole rings is 1. The summed E-state index contributed by atoms with van der Waals surface area (Å²) in [4.78, 5) is 12.3. The van der Waals surface area contributed by atoms with Crippen molar-refractivity contribution in [3.8, 4) is 0 Å². The van der Waals surface area contributed by atoms with Gasteiger partial charge in [0.15, 0.2) is 0 Å². The second-order valence-corrected chi connectivity index (χ2v) is 6.28. The highest BCUT2D eigenvalue weighted by atomic mass is 32.2.